The van der Waals surface area contributed by atoms with Gasteiger partial charge in [-0.3, -0.25) is 4.79 Å². The van der Waals surface area contributed by atoms with Gasteiger partial charge in [-0.25, -0.2) is 0 Å². The number of hydrogen-bond donors (Lipinski definition) is 1. The Kier molecular flexibility index (Phi) is 3.26. The van der Waals surface area contributed by atoms with Gasteiger partial charge in [-0.2, -0.15) is 0 Å². The summed E-state index contributed by atoms with van der Waals surface area (Å²) in [5, 5.41) is 4.32. The maximum absolute atomic E-state index is 12.6. The summed E-state index contributed by atoms with van der Waals surface area (Å²) in [6.45, 7) is 5.80. The summed E-state index contributed by atoms with van der Waals surface area (Å²) in [6.07, 6.45) is 1.00. The Morgan fingerprint density at radius 2 is 2.20 bits per heavy atom. The first-order valence-electron chi connectivity index (χ1n) is 7.06. The van der Waals surface area contributed by atoms with Gasteiger partial charge in [-0.05, 0) is 32.4 Å². The predicted molar refractivity (Wildman–Crippen MR) is 79.1 cm³/mol. The molecule has 4 heteroatoms. The van der Waals surface area contributed by atoms with Gasteiger partial charge in [0.05, 0.1) is 0 Å². The third-order valence-corrected chi connectivity index (χ3v) is 4.26. The Bertz CT molecular complexity index is 654. The van der Waals surface area contributed by atoms with Crippen molar-refractivity contribution in [2.75, 3.05) is 20.1 Å². The van der Waals surface area contributed by atoms with E-state index in [2.05, 4.69) is 5.32 Å². The van der Waals surface area contributed by atoms with E-state index in [9.17, 15) is 4.79 Å². The van der Waals surface area contributed by atoms with Gasteiger partial charge in [0.2, 0.25) is 0 Å². The van der Waals surface area contributed by atoms with Gasteiger partial charge in [0, 0.05) is 30.6 Å². The second-order valence-corrected chi connectivity index (χ2v) is 5.57. The Hall–Kier alpha value is -1.81. The van der Waals surface area contributed by atoms with Gasteiger partial charge < -0.3 is 14.6 Å². The lowest BCUT2D eigenvalue weighted by Gasteiger charge is -2.22. The Morgan fingerprint density at radius 3 is 2.85 bits per heavy atom. The Morgan fingerprint density at radius 1 is 1.40 bits per heavy atom. The molecule has 0 aliphatic carbocycles. The summed E-state index contributed by atoms with van der Waals surface area (Å²) in [4.78, 5) is 14.4. The number of rotatable bonds is 2. The van der Waals surface area contributed by atoms with Crippen molar-refractivity contribution in [2.45, 2.75) is 26.3 Å². The molecule has 2 aromatic rings. The molecule has 1 amide bonds. The van der Waals surface area contributed by atoms with Crippen molar-refractivity contribution in [1.29, 1.82) is 0 Å². The summed E-state index contributed by atoms with van der Waals surface area (Å²) >= 11 is 0. The van der Waals surface area contributed by atoms with Gasteiger partial charge in [-0.1, -0.05) is 18.2 Å². The molecule has 1 aromatic heterocycles. The van der Waals surface area contributed by atoms with Gasteiger partial charge in [0.25, 0.3) is 5.91 Å². The number of carbonyl (C=O) groups is 1. The van der Waals surface area contributed by atoms with Gasteiger partial charge in [0.15, 0.2) is 5.76 Å². The number of likely N-dealkylation sites (N-methyl/N-ethyl adjacent to an activating group) is 1. The topological polar surface area (TPSA) is 45.5 Å². The van der Waals surface area contributed by atoms with E-state index in [0.29, 0.717) is 5.76 Å². The van der Waals surface area contributed by atoms with Gasteiger partial charge in [0.1, 0.15) is 5.58 Å². The number of furan rings is 1. The molecule has 0 spiro atoms. The van der Waals surface area contributed by atoms with E-state index in [1.54, 1.807) is 4.90 Å². The van der Waals surface area contributed by atoms with E-state index in [1.807, 2.05) is 39.1 Å². The molecule has 1 aromatic carbocycles. The standard InChI is InChI=1S/C16H20N2O2/c1-10-5-4-6-13-11(2)15(20-14(10)13)16(19)18(3)12-7-8-17-9-12/h4-6,12,17H,7-9H2,1-3H3. The van der Waals surface area contributed by atoms with Crippen LogP contribution in [0.15, 0.2) is 22.6 Å². The molecular weight excluding hydrogens is 252 g/mol. The van der Waals surface area contributed by atoms with Crippen molar-refractivity contribution in [3.63, 3.8) is 0 Å². The van der Waals surface area contributed by atoms with Crippen molar-refractivity contribution in [3.05, 3.63) is 35.1 Å². The van der Waals surface area contributed by atoms with Crippen LogP contribution in [0.1, 0.15) is 28.1 Å². The van der Waals surface area contributed by atoms with Crippen molar-refractivity contribution in [2.24, 2.45) is 0 Å². The van der Waals surface area contributed by atoms with Crippen LogP contribution >= 0.6 is 0 Å². The minimum absolute atomic E-state index is 0.0215. The molecule has 1 aliphatic heterocycles. The van der Waals surface area contributed by atoms with E-state index in [4.69, 9.17) is 4.42 Å². The first kappa shape index (κ1) is 13.2. The number of nitrogens with one attached hydrogen (secondary N) is 1. The Balaban J connectivity index is 1.99. The van der Waals surface area contributed by atoms with E-state index in [1.165, 1.54) is 0 Å². The Labute approximate surface area is 118 Å². The predicted octanol–water partition coefficient (Wildman–Crippen LogP) is 2.48. The summed E-state index contributed by atoms with van der Waals surface area (Å²) in [5.74, 6) is 0.454. The minimum atomic E-state index is -0.0215. The first-order chi connectivity index (χ1) is 9.59. The fourth-order valence-corrected chi connectivity index (χ4v) is 2.88. The molecule has 4 nitrogen and oxygen atoms in total. The number of hydrogen-bond acceptors (Lipinski definition) is 3. The summed E-state index contributed by atoms with van der Waals surface area (Å²) in [6, 6.07) is 6.27. The van der Waals surface area contributed by atoms with Crippen LogP contribution in [0.4, 0.5) is 0 Å². The number of nitrogens with zero attached hydrogens (tertiary/aromatic N) is 1. The quantitative estimate of drug-likeness (QED) is 0.913. The number of para-hydroxylation sites is 1. The van der Waals surface area contributed by atoms with Crippen LogP contribution in [0.2, 0.25) is 0 Å². The molecule has 1 unspecified atom stereocenters. The van der Waals surface area contributed by atoms with Crippen LogP contribution in [0.3, 0.4) is 0 Å². The molecule has 1 N–H and O–H groups in total. The minimum Gasteiger partial charge on any atom is -0.450 e. The first-order valence-corrected chi connectivity index (χ1v) is 7.06. The summed E-state index contributed by atoms with van der Waals surface area (Å²) < 4.78 is 5.86. The molecule has 106 valence electrons. The van der Waals surface area contributed by atoms with E-state index < -0.39 is 0 Å². The number of fused-ring (bicyclic) bond motifs is 1. The fourth-order valence-electron chi connectivity index (χ4n) is 2.88. The number of aryl methyl sites for hydroxylation is 2. The zero-order valence-corrected chi connectivity index (χ0v) is 12.2. The third kappa shape index (κ3) is 2.00. The zero-order chi connectivity index (χ0) is 14.3. The van der Waals surface area contributed by atoms with Crippen LogP contribution in [0.5, 0.6) is 0 Å². The molecule has 20 heavy (non-hydrogen) atoms. The van der Waals surface area contributed by atoms with Crippen LogP contribution in [0.25, 0.3) is 11.0 Å². The average Bonchev–Trinajstić information content (AvgIpc) is 3.07. The largest absolute Gasteiger partial charge is 0.450 e. The van der Waals surface area contributed by atoms with Crippen LogP contribution in [0, 0.1) is 13.8 Å². The number of benzene rings is 1. The lowest BCUT2D eigenvalue weighted by atomic mass is 10.1. The molecule has 1 fully saturated rings. The molecule has 0 radical (unpaired) electrons. The van der Waals surface area contributed by atoms with Crippen LogP contribution < -0.4 is 5.32 Å². The summed E-state index contributed by atoms with van der Waals surface area (Å²) in [5.41, 5.74) is 2.83. The normalized spacial score (nSPS) is 18.6. The molecule has 3 rings (SSSR count). The highest BCUT2D eigenvalue weighted by molar-refractivity contribution is 5.99. The zero-order valence-electron chi connectivity index (χ0n) is 12.2. The highest BCUT2D eigenvalue weighted by Gasteiger charge is 2.28. The lowest BCUT2D eigenvalue weighted by molar-refractivity contribution is 0.0713. The van der Waals surface area contributed by atoms with Gasteiger partial charge in [-0.15, -0.1) is 0 Å². The van der Waals surface area contributed by atoms with E-state index in [-0.39, 0.29) is 11.9 Å². The molecule has 1 atom stereocenters. The van der Waals surface area contributed by atoms with Crippen LogP contribution in [-0.4, -0.2) is 37.0 Å². The van der Waals surface area contributed by atoms with E-state index in [0.717, 1.165) is 41.6 Å². The number of amides is 1. The van der Waals surface area contributed by atoms with Crippen LogP contribution in [-0.2, 0) is 0 Å². The molecule has 0 bridgehead atoms. The fraction of sp³-hybridized carbons (Fsp3) is 0.438. The SMILES string of the molecule is Cc1c(C(=O)N(C)C2CCNC2)oc2c(C)cccc12. The van der Waals surface area contributed by atoms with Crippen molar-refractivity contribution in [3.8, 4) is 0 Å². The lowest BCUT2D eigenvalue weighted by Crippen LogP contribution is -2.38. The maximum atomic E-state index is 12.6. The summed E-state index contributed by atoms with van der Waals surface area (Å²) in [7, 11) is 1.86. The molecule has 1 saturated heterocycles. The second-order valence-electron chi connectivity index (χ2n) is 5.57. The highest BCUT2D eigenvalue weighted by atomic mass is 16.3. The maximum Gasteiger partial charge on any atom is 0.289 e. The van der Waals surface area contributed by atoms with Crippen molar-refractivity contribution < 1.29 is 9.21 Å². The molecule has 0 saturated carbocycles. The van der Waals surface area contributed by atoms with Crippen molar-refractivity contribution in [1.82, 2.24) is 10.2 Å². The van der Waals surface area contributed by atoms with Crippen molar-refractivity contribution >= 4 is 16.9 Å². The second kappa shape index (κ2) is 4.94. The smallest absolute Gasteiger partial charge is 0.289 e. The highest BCUT2D eigenvalue weighted by Crippen LogP contribution is 2.28. The molecule has 2 heterocycles. The number of carbonyl (C=O) groups excluding carboxylic acids is 1. The van der Waals surface area contributed by atoms with E-state index >= 15 is 0 Å². The average molecular weight is 272 g/mol. The van der Waals surface area contributed by atoms with Gasteiger partial charge >= 0.3 is 0 Å². The monoisotopic (exact) mass is 272 g/mol. The molecule has 1 aliphatic rings. The molecular formula is C16H20N2O2. The third-order valence-electron chi connectivity index (χ3n) is 4.26.